The van der Waals surface area contributed by atoms with Crippen molar-refractivity contribution in [2.75, 3.05) is 6.54 Å². The van der Waals surface area contributed by atoms with E-state index in [4.69, 9.17) is 9.15 Å². The number of hydrogen-bond acceptors (Lipinski definition) is 4. The number of carbonyl (C=O) groups is 2. The minimum Gasteiger partial charge on any atom is -0.464 e. The summed E-state index contributed by atoms with van der Waals surface area (Å²) in [6.45, 7) is 5.95. The molecular weight excluding hydrogens is 282 g/mol. The minimum absolute atomic E-state index is 0.0855. The number of furan rings is 1. The zero-order valence-corrected chi connectivity index (χ0v) is 13.1. The van der Waals surface area contributed by atoms with Crippen molar-refractivity contribution in [3.63, 3.8) is 0 Å². The lowest BCUT2D eigenvalue weighted by Crippen LogP contribution is -2.35. The highest BCUT2D eigenvalue weighted by atomic mass is 16.5. The van der Waals surface area contributed by atoms with Gasteiger partial charge in [-0.25, -0.2) is 0 Å². The SMILES string of the molecule is CCNC(=O)[C@@H](C)OC(=O)Cc1coc2cc(CC)ccc12. The monoisotopic (exact) mass is 303 g/mol. The third kappa shape index (κ3) is 3.67. The topological polar surface area (TPSA) is 68.5 Å². The van der Waals surface area contributed by atoms with E-state index in [1.54, 1.807) is 13.2 Å². The first kappa shape index (κ1) is 16.1. The van der Waals surface area contributed by atoms with Gasteiger partial charge in [0.1, 0.15) is 5.58 Å². The summed E-state index contributed by atoms with van der Waals surface area (Å²) in [4.78, 5) is 23.5. The molecule has 0 radical (unpaired) electrons. The average molecular weight is 303 g/mol. The summed E-state index contributed by atoms with van der Waals surface area (Å²) in [6, 6.07) is 5.94. The molecule has 0 aliphatic heterocycles. The molecule has 5 nitrogen and oxygen atoms in total. The van der Waals surface area contributed by atoms with Gasteiger partial charge in [0.25, 0.3) is 5.91 Å². The van der Waals surface area contributed by atoms with E-state index >= 15 is 0 Å². The van der Waals surface area contributed by atoms with Crippen LogP contribution in [0.4, 0.5) is 0 Å². The van der Waals surface area contributed by atoms with Crippen LogP contribution in [0.1, 0.15) is 31.9 Å². The summed E-state index contributed by atoms with van der Waals surface area (Å²) in [5.74, 6) is -0.735. The van der Waals surface area contributed by atoms with Crippen molar-refractivity contribution < 1.29 is 18.7 Å². The highest BCUT2D eigenvalue weighted by Crippen LogP contribution is 2.23. The molecule has 0 saturated carbocycles. The number of benzene rings is 1. The Balaban J connectivity index is 2.04. The lowest BCUT2D eigenvalue weighted by Gasteiger charge is -2.12. The molecule has 0 fully saturated rings. The molecule has 0 unspecified atom stereocenters. The Morgan fingerprint density at radius 2 is 2.09 bits per heavy atom. The number of fused-ring (bicyclic) bond motifs is 1. The number of hydrogen-bond donors (Lipinski definition) is 1. The number of rotatable bonds is 6. The van der Waals surface area contributed by atoms with Crippen molar-refractivity contribution in [2.45, 2.75) is 39.7 Å². The van der Waals surface area contributed by atoms with Crippen LogP contribution in [-0.2, 0) is 27.2 Å². The zero-order chi connectivity index (χ0) is 16.1. The summed E-state index contributed by atoms with van der Waals surface area (Å²) >= 11 is 0. The van der Waals surface area contributed by atoms with Crippen molar-refractivity contribution >= 4 is 22.8 Å². The van der Waals surface area contributed by atoms with Gasteiger partial charge in [0.15, 0.2) is 6.10 Å². The van der Waals surface area contributed by atoms with Crippen LogP contribution in [0.15, 0.2) is 28.9 Å². The predicted molar refractivity (Wildman–Crippen MR) is 83.5 cm³/mol. The molecule has 1 aromatic carbocycles. The number of amides is 1. The molecule has 0 aliphatic rings. The van der Waals surface area contributed by atoms with Crippen LogP contribution in [0.5, 0.6) is 0 Å². The van der Waals surface area contributed by atoms with Crippen molar-refractivity contribution in [2.24, 2.45) is 0 Å². The highest BCUT2D eigenvalue weighted by molar-refractivity contribution is 5.88. The Morgan fingerprint density at radius 3 is 2.77 bits per heavy atom. The summed E-state index contributed by atoms with van der Waals surface area (Å²) in [5.41, 5.74) is 2.71. The molecule has 1 heterocycles. The van der Waals surface area contributed by atoms with E-state index in [1.165, 1.54) is 5.56 Å². The summed E-state index contributed by atoms with van der Waals surface area (Å²) < 4.78 is 10.6. The average Bonchev–Trinajstić information content (AvgIpc) is 2.89. The molecule has 0 bridgehead atoms. The maximum absolute atomic E-state index is 12.0. The van der Waals surface area contributed by atoms with Gasteiger partial charge in [-0.2, -0.15) is 0 Å². The number of carbonyl (C=O) groups excluding carboxylic acids is 2. The minimum atomic E-state index is -0.794. The van der Waals surface area contributed by atoms with Gasteiger partial charge in [-0.15, -0.1) is 0 Å². The number of likely N-dealkylation sites (N-methyl/N-ethyl adjacent to an activating group) is 1. The molecule has 22 heavy (non-hydrogen) atoms. The predicted octanol–water partition coefficient (Wildman–Crippen LogP) is 2.61. The molecular formula is C17H21NO4. The van der Waals surface area contributed by atoms with Crippen molar-refractivity contribution in [1.82, 2.24) is 5.32 Å². The van der Waals surface area contributed by atoms with Crippen LogP contribution in [0, 0.1) is 0 Å². The lowest BCUT2D eigenvalue weighted by atomic mass is 10.1. The number of nitrogens with one attached hydrogen (secondary N) is 1. The van der Waals surface area contributed by atoms with Crippen LogP contribution in [-0.4, -0.2) is 24.5 Å². The fourth-order valence-corrected chi connectivity index (χ4v) is 2.25. The summed E-state index contributed by atoms with van der Waals surface area (Å²) in [5, 5.41) is 3.52. The third-order valence-corrected chi connectivity index (χ3v) is 3.49. The maximum Gasteiger partial charge on any atom is 0.311 e. The quantitative estimate of drug-likeness (QED) is 0.833. The van der Waals surface area contributed by atoms with Crippen LogP contribution in [0.3, 0.4) is 0 Å². The van der Waals surface area contributed by atoms with Gasteiger partial charge >= 0.3 is 5.97 Å². The van der Waals surface area contributed by atoms with Crippen LogP contribution >= 0.6 is 0 Å². The van der Waals surface area contributed by atoms with Gasteiger partial charge in [0, 0.05) is 17.5 Å². The number of aryl methyl sites for hydroxylation is 1. The molecule has 5 heteroatoms. The van der Waals surface area contributed by atoms with E-state index in [-0.39, 0.29) is 12.3 Å². The molecule has 0 saturated heterocycles. The summed E-state index contributed by atoms with van der Waals surface area (Å²) in [6.07, 6.45) is 1.79. The molecule has 1 N–H and O–H groups in total. The van der Waals surface area contributed by atoms with Gasteiger partial charge in [-0.05, 0) is 31.9 Å². The number of ether oxygens (including phenoxy) is 1. The van der Waals surface area contributed by atoms with E-state index < -0.39 is 12.1 Å². The molecule has 2 aromatic rings. The fourth-order valence-electron chi connectivity index (χ4n) is 2.25. The summed E-state index contributed by atoms with van der Waals surface area (Å²) in [7, 11) is 0. The standard InChI is InChI=1S/C17H21NO4/c1-4-12-6-7-14-13(10-21-15(14)8-12)9-16(19)22-11(3)17(20)18-5-2/h6-8,10-11H,4-5,9H2,1-3H3,(H,18,20)/t11-/m1/s1. The van der Waals surface area contributed by atoms with E-state index in [0.717, 1.165) is 23.0 Å². The second kappa shape index (κ2) is 7.11. The van der Waals surface area contributed by atoms with Gasteiger partial charge < -0.3 is 14.5 Å². The first-order valence-electron chi connectivity index (χ1n) is 7.51. The van der Waals surface area contributed by atoms with Gasteiger partial charge in [0.2, 0.25) is 0 Å². The molecule has 118 valence electrons. The Labute approximate surface area is 129 Å². The van der Waals surface area contributed by atoms with Gasteiger partial charge in [-0.3, -0.25) is 9.59 Å². The zero-order valence-electron chi connectivity index (χ0n) is 13.1. The highest BCUT2D eigenvalue weighted by Gasteiger charge is 2.18. The Bertz CT molecular complexity index is 674. The molecule has 2 rings (SSSR count). The molecule has 0 spiro atoms. The lowest BCUT2D eigenvalue weighted by molar-refractivity contribution is -0.154. The Morgan fingerprint density at radius 1 is 1.32 bits per heavy atom. The molecule has 1 atom stereocenters. The van der Waals surface area contributed by atoms with Crippen molar-refractivity contribution in [3.05, 3.63) is 35.6 Å². The molecule has 1 amide bonds. The van der Waals surface area contributed by atoms with Gasteiger partial charge in [-0.1, -0.05) is 19.1 Å². The van der Waals surface area contributed by atoms with Crippen LogP contribution in [0.25, 0.3) is 11.0 Å². The third-order valence-electron chi connectivity index (χ3n) is 3.49. The Hall–Kier alpha value is -2.30. The van der Waals surface area contributed by atoms with Crippen molar-refractivity contribution in [3.8, 4) is 0 Å². The normalized spacial score (nSPS) is 12.1. The first-order valence-corrected chi connectivity index (χ1v) is 7.51. The van der Waals surface area contributed by atoms with E-state index in [0.29, 0.717) is 6.54 Å². The first-order chi connectivity index (χ1) is 10.5. The van der Waals surface area contributed by atoms with Crippen LogP contribution < -0.4 is 5.32 Å². The maximum atomic E-state index is 12.0. The fraction of sp³-hybridized carbons (Fsp3) is 0.412. The Kier molecular flexibility index (Phi) is 5.20. The van der Waals surface area contributed by atoms with E-state index in [9.17, 15) is 9.59 Å². The van der Waals surface area contributed by atoms with Gasteiger partial charge in [0.05, 0.1) is 12.7 Å². The molecule has 0 aliphatic carbocycles. The van der Waals surface area contributed by atoms with Crippen LogP contribution in [0.2, 0.25) is 0 Å². The smallest absolute Gasteiger partial charge is 0.311 e. The largest absolute Gasteiger partial charge is 0.464 e. The second-order valence-electron chi connectivity index (χ2n) is 5.15. The van der Waals surface area contributed by atoms with E-state index in [2.05, 4.69) is 12.2 Å². The van der Waals surface area contributed by atoms with Crippen molar-refractivity contribution in [1.29, 1.82) is 0 Å². The number of esters is 1. The van der Waals surface area contributed by atoms with E-state index in [1.807, 2.05) is 25.1 Å². The molecule has 1 aromatic heterocycles. The second-order valence-corrected chi connectivity index (χ2v) is 5.15.